The zero-order valence-electron chi connectivity index (χ0n) is 10.5. The minimum atomic E-state index is 0.349. The number of hydrogen-bond donors (Lipinski definition) is 1. The molecular weight excluding hydrogens is 200 g/mol. The summed E-state index contributed by atoms with van der Waals surface area (Å²) in [6, 6.07) is 0.501. The summed E-state index contributed by atoms with van der Waals surface area (Å²) in [5.74, 6) is 1.41. The normalized spacial score (nSPS) is 30.1. The van der Waals surface area contributed by atoms with Gasteiger partial charge < -0.3 is 10.2 Å². The Morgan fingerprint density at radius 3 is 2.50 bits per heavy atom. The van der Waals surface area contributed by atoms with Crippen LogP contribution in [0.2, 0.25) is 0 Å². The molecule has 3 heteroatoms. The van der Waals surface area contributed by atoms with Crippen molar-refractivity contribution in [3.05, 3.63) is 0 Å². The fraction of sp³-hybridized carbons (Fsp3) is 0.923. The molecule has 0 bridgehead atoms. The molecule has 1 saturated carbocycles. The van der Waals surface area contributed by atoms with Gasteiger partial charge in [0.05, 0.1) is 0 Å². The van der Waals surface area contributed by atoms with Crippen molar-refractivity contribution in [2.75, 3.05) is 19.6 Å². The molecule has 16 heavy (non-hydrogen) atoms. The van der Waals surface area contributed by atoms with E-state index in [1.165, 1.54) is 0 Å². The first-order chi connectivity index (χ1) is 7.74. The van der Waals surface area contributed by atoms with Crippen molar-refractivity contribution in [1.29, 1.82) is 0 Å². The largest absolute Gasteiger partial charge is 0.339 e. The van der Waals surface area contributed by atoms with Gasteiger partial charge in [-0.2, -0.15) is 0 Å². The first kappa shape index (κ1) is 11.9. The molecule has 2 aliphatic rings. The first-order valence-electron chi connectivity index (χ1n) is 6.75. The molecule has 1 aliphatic heterocycles. The second kappa shape index (κ2) is 5.17. The van der Waals surface area contributed by atoms with E-state index in [9.17, 15) is 4.79 Å². The molecule has 2 rings (SSSR count). The molecule has 2 fully saturated rings. The second-order valence-electron chi connectivity index (χ2n) is 5.33. The molecule has 0 spiro atoms. The third-order valence-corrected chi connectivity index (χ3v) is 3.92. The van der Waals surface area contributed by atoms with E-state index in [0.29, 0.717) is 23.8 Å². The Balaban J connectivity index is 1.94. The van der Waals surface area contributed by atoms with E-state index < -0.39 is 0 Å². The average molecular weight is 224 g/mol. The first-order valence-corrected chi connectivity index (χ1v) is 6.75. The standard InChI is InChI=1S/C13H24N2O/c1-3-8-15(11-4-6-14-7-5-11)13(16)12-9-10(12)2/h10-12,14H,3-9H2,1-2H3. The number of nitrogens with one attached hydrogen (secondary N) is 1. The zero-order valence-corrected chi connectivity index (χ0v) is 10.5. The Bertz CT molecular complexity index is 248. The van der Waals surface area contributed by atoms with Crippen LogP contribution >= 0.6 is 0 Å². The maximum Gasteiger partial charge on any atom is 0.226 e. The van der Waals surface area contributed by atoms with Crippen LogP contribution in [0.4, 0.5) is 0 Å². The van der Waals surface area contributed by atoms with E-state index in [0.717, 1.165) is 45.3 Å². The van der Waals surface area contributed by atoms with Crippen LogP contribution in [0.1, 0.15) is 39.5 Å². The SMILES string of the molecule is CCCN(C(=O)C1CC1C)C1CCNCC1. The summed E-state index contributed by atoms with van der Waals surface area (Å²) in [5, 5.41) is 3.37. The van der Waals surface area contributed by atoms with E-state index >= 15 is 0 Å². The topological polar surface area (TPSA) is 32.3 Å². The minimum Gasteiger partial charge on any atom is -0.339 e. The third-order valence-electron chi connectivity index (χ3n) is 3.92. The number of amides is 1. The van der Waals surface area contributed by atoms with E-state index in [2.05, 4.69) is 24.1 Å². The Hall–Kier alpha value is -0.570. The van der Waals surface area contributed by atoms with Crippen LogP contribution in [0.15, 0.2) is 0 Å². The van der Waals surface area contributed by atoms with Gasteiger partial charge in [-0.1, -0.05) is 13.8 Å². The molecule has 0 aromatic rings. The van der Waals surface area contributed by atoms with Crippen LogP contribution in [0.3, 0.4) is 0 Å². The lowest BCUT2D eigenvalue weighted by molar-refractivity contribution is -0.135. The number of carbonyl (C=O) groups excluding carboxylic acids is 1. The van der Waals surface area contributed by atoms with E-state index in [-0.39, 0.29) is 0 Å². The summed E-state index contributed by atoms with van der Waals surface area (Å²) in [6.45, 7) is 7.44. The monoisotopic (exact) mass is 224 g/mol. The molecule has 0 aromatic carbocycles. The van der Waals surface area contributed by atoms with Gasteiger partial charge in [0, 0.05) is 18.5 Å². The summed E-state index contributed by atoms with van der Waals surface area (Å²) in [5.41, 5.74) is 0. The van der Waals surface area contributed by atoms with Crippen LogP contribution in [-0.4, -0.2) is 36.5 Å². The van der Waals surface area contributed by atoms with Gasteiger partial charge in [-0.25, -0.2) is 0 Å². The highest BCUT2D eigenvalue weighted by atomic mass is 16.2. The molecule has 2 unspecified atom stereocenters. The van der Waals surface area contributed by atoms with Crippen molar-refractivity contribution in [3.8, 4) is 0 Å². The Labute approximate surface area is 98.6 Å². The number of carbonyl (C=O) groups is 1. The molecule has 3 nitrogen and oxygen atoms in total. The lowest BCUT2D eigenvalue weighted by atomic mass is 10.0. The Kier molecular flexibility index (Phi) is 3.85. The lowest BCUT2D eigenvalue weighted by Gasteiger charge is -2.35. The van der Waals surface area contributed by atoms with Gasteiger partial charge in [0.15, 0.2) is 0 Å². The van der Waals surface area contributed by atoms with Gasteiger partial charge in [0.25, 0.3) is 0 Å². The van der Waals surface area contributed by atoms with E-state index in [4.69, 9.17) is 0 Å². The Morgan fingerprint density at radius 2 is 2.00 bits per heavy atom. The quantitative estimate of drug-likeness (QED) is 0.787. The predicted molar refractivity (Wildman–Crippen MR) is 65.2 cm³/mol. The van der Waals surface area contributed by atoms with Crippen LogP contribution in [0.25, 0.3) is 0 Å². The summed E-state index contributed by atoms with van der Waals surface area (Å²) < 4.78 is 0. The number of nitrogens with zero attached hydrogens (tertiary/aromatic N) is 1. The van der Waals surface area contributed by atoms with Crippen molar-refractivity contribution in [2.24, 2.45) is 11.8 Å². The molecule has 1 saturated heterocycles. The van der Waals surface area contributed by atoms with Gasteiger partial charge in [-0.05, 0) is 44.7 Å². The lowest BCUT2D eigenvalue weighted by Crippen LogP contribution is -2.47. The second-order valence-corrected chi connectivity index (χ2v) is 5.33. The molecule has 1 N–H and O–H groups in total. The van der Waals surface area contributed by atoms with Crippen LogP contribution < -0.4 is 5.32 Å². The summed E-state index contributed by atoms with van der Waals surface area (Å²) in [4.78, 5) is 14.5. The highest BCUT2D eigenvalue weighted by molar-refractivity contribution is 5.81. The van der Waals surface area contributed by atoms with Crippen LogP contribution in [0, 0.1) is 11.8 Å². The maximum absolute atomic E-state index is 12.3. The smallest absolute Gasteiger partial charge is 0.226 e. The fourth-order valence-corrected chi connectivity index (χ4v) is 2.71. The molecular formula is C13H24N2O. The van der Waals surface area contributed by atoms with Gasteiger partial charge in [0.1, 0.15) is 0 Å². The van der Waals surface area contributed by atoms with Crippen molar-refractivity contribution < 1.29 is 4.79 Å². The molecule has 1 aliphatic carbocycles. The van der Waals surface area contributed by atoms with Crippen molar-refractivity contribution >= 4 is 5.91 Å². The van der Waals surface area contributed by atoms with E-state index in [1.54, 1.807) is 0 Å². The van der Waals surface area contributed by atoms with Gasteiger partial charge in [-0.15, -0.1) is 0 Å². The number of rotatable bonds is 4. The van der Waals surface area contributed by atoms with Crippen molar-refractivity contribution in [1.82, 2.24) is 10.2 Å². The summed E-state index contributed by atoms with van der Waals surface area (Å²) in [7, 11) is 0. The summed E-state index contributed by atoms with van der Waals surface area (Å²) in [6.07, 6.45) is 4.46. The number of hydrogen-bond acceptors (Lipinski definition) is 2. The van der Waals surface area contributed by atoms with Gasteiger partial charge in [0.2, 0.25) is 5.91 Å². The molecule has 1 amide bonds. The van der Waals surface area contributed by atoms with Gasteiger partial charge >= 0.3 is 0 Å². The molecule has 0 radical (unpaired) electrons. The molecule has 0 aromatic heterocycles. The summed E-state index contributed by atoms with van der Waals surface area (Å²) >= 11 is 0. The highest BCUT2D eigenvalue weighted by Gasteiger charge is 2.42. The van der Waals surface area contributed by atoms with Gasteiger partial charge in [-0.3, -0.25) is 4.79 Å². The van der Waals surface area contributed by atoms with Crippen LogP contribution in [-0.2, 0) is 4.79 Å². The predicted octanol–water partition coefficient (Wildman–Crippen LogP) is 1.63. The molecule has 1 heterocycles. The van der Waals surface area contributed by atoms with Crippen LogP contribution in [0.5, 0.6) is 0 Å². The number of piperidine rings is 1. The molecule has 92 valence electrons. The van der Waals surface area contributed by atoms with E-state index in [1.807, 2.05) is 0 Å². The molecule has 2 atom stereocenters. The third kappa shape index (κ3) is 2.57. The fourth-order valence-electron chi connectivity index (χ4n) is 2.71. The maximum atomic E-state index is 12.3. The average Bonchev–Trinajstić information content (AvgIpc) is 3.04. The van der Waals surface area contributed by atoms with Crippen molar-refractivity contribution in [2.45, 2.75) is 45.6 Å². The highest BCUT2D eigenvalue weighted by Crippen LogP contribution is 2.39. The van der Waals surface area contributed by atoms with Crippen molar-refractivity contribution in [3.63, 3.8) is 0 Å². The Morgan fingerprint density at radius 1 is 1.38 bits per heavy atom. The minimum absolute atomic E-state index is 0.349. The zero-order chi connectivity index (χ0) is 11.5.